The van der Waals surface area contributed by atoms with E-state index in [0.717, 1.165) is 31.3 Å². The molecule has 0 spiro atoms. The Hall–Kier alpha value is -2.02. The predicted molar refractivity (Wildman–Crippen MR) is 115 cm³/mol. The van der Waals surface area contributed by atoms with Crippen LogP contribution in [0.25, 0.3) is 0 Å². The fourth-order valence-electron chi connectivity index (χ4n) is 3.67. The molecule has 6 heteroatoms. The highest BCUT2D eigenvalue weighted by Crippen LogP contribution is 2.49. The number of rotatable bonds is 11. The molecule has 0 unspecified atom stereocenters. The van der Waals surface area contributed by atoms with Gasteiger partial charge in [0.1, 0.15) is 6.10 Å². The Kier molecular flexibility index (Phi) is 8.77. The van der Waals surface area contributed by atoms with Crippen LogP contribution in [-0.2, 0) is 19.1 Å². The minimum Gasteiger partial charge on any atom is -0.455 e. The highest BCUT2D eigenvalue weighted by atomic mass is 16.7. The van der Waals surface area contributed by atoms with Gasteiger partial charge in [-0.2, -0.15) is 0 Å². The first-order chi connectivity index (χ1) is 14.2. The van der Waals surface area contributed by atoms with E-state index in [1.807, 2.05) is 19.9 Å². The molecule has 0 aromatic rings. The average Bonchev–Trinajstić information content (AvgIpc) is 3.44. The maximum atomic E-state index is 12.5. The van der Waals surface area contributed by atoms with E-state index in [4.69, 9.17) is 14.6 Å². The van der Waals surface area contributed by atoms with Crippen LogP contribution < -0.4 is 0 Å². The molecule has 166 valence electrons. The number of carbonyl (C=O) groups excluding carboxylic acids is 2. The molecular formula is C24H34O6. The number of hydrogen-bond donors (Lipinski definition) is 2. The lowest BCUT2D eigenvalue weighted by molar-refractivity contribution is -0.146. The highest BCUT2D eigenvalue weighted by molar-refractivity contribution is 6.02. The molecule has 2 N–H and O–H groups in total. The molecule has 6 nitrogen and oxygen atoms in total. The second-order valence-electron chi connectivity index (χ2n) is 8.29. The number of ketones is 1. The Bertz CT molecular complexity index is 773. The van der Waals surface area contributed by atoms with Gasteiger partial charge in [0, 0.05) is 18.9 Å². The molecule has 1 heterocycles. The van der Waals surface area contributed by atoms with Gasteiger partial charge in [-0.05, 0) is 52.5 Å². The largest absolute Gasteiger partial charge is 0.455 e. The van der Waals surface area contributed by atoms with E-state index in [1.54, 1.807) is 0 Å². The molecule has 0 aromatic carbocycles. The van der Waals surface area contributed by atoms with Crippen molar-refractivity contribution in [3.05, 3.63) is 46.6 Å². The predicted octanol–water partition coefficient (Wildman–Crippen LogP) is 3.34. The smallest absolute Gasteiger partial charge is 0.303 e. The van der Waals surface area contributed by atoms with Gasteiger partial charge in [0.25, 0.3) is 0 Å². The molecule has 1 fully saturated rings. The first-order valence-electron chi connectivity index (χ1n) is 10.5. The lowest BCUT2D eigenvalue weighted by Crippen LogP contribution is -2.40. The minimum atomic E-state index is -0.970. The summed E-state index contributed by atoms with van der Waals surface area (Å²) in [6, 6.07) is 0. The first-order valence-corrected chi connectivity index (χ1v) is 10.5. The van der Waals surface area contributed by atoms with E-state index < -0.39 is 23.8 Å². The van der Waals surface area contributed by atoms with E-state index >= 15 is 0 Å². The minimum absolute atomic E-state index is 0.111. The topological polar surface area (TPSA) is 96.4 Å². The Morgan fingerprint density at radius 1 is 1.07 bits per heavy atom. The zero-order valence-electron chi connectivity index (χ0n) is 18.4. The molecule has 1 aliphatic carbocycles. The summed E-state index contributed by atoms with van der Waals surface area (Å²) in [5, 5.41) is 18.5. The van der Waals surface area contributed by atoms with Crippen molar-refractivity contribution in [1.29, 1.82) is 0 Å². The van der Waals surface area contributed by atoms with Crippen molar-refractivity contribution in [1.82, 2.24) is 0 Å². The lowest BCUT2D eigenvalue weighted by Gasteiger charge is -2.23. The number of epoxide rings is 1. The Morgan fingerprint density at radius 3 is 2.23 bits per heavy atom. The van der Waals surface area contributed by atoms with E-state index in [-0.39, 0.29) is 19.0 Å². The van der Waals surface area contributed by atoms with Gasteiger partial charge in [0.15, 0.2) is 17.5 Å². The Balaban J connectivity index is 1.88. The van der Waals surface area contributed by atoms with Gasteiger partial charge in [-0.25, -0.2) is 0 Å². The normalized spacial score (nSPS) is 26.9. The van der Waals surface area contributed by atoms with Crippen LogP contribution in [0.5, 0.6) is 0 Å². The molecule has 1 saturated heterocycles. The van der Waals surface area contributed by atoms with Crippen LogP contribution in [0.4, 0.5) is 0 Å². The van der Waals surface area contributed by atoms with Crippen molar-refractivity contribution in [2.45, 2.75) is 77.6 Å². The maximum absolute atomic E-state index is 12.5. The summed E-state index contributed by atoms with van der Waals surface area (Å²) in [5.74, 6) is -0.639. The molecule has 30 heavy (non-hydrogen) atoms. The van der Waals surface area contributed by atoms with Gasteiger partial charge in [0.05, 0.1) is 13.2 Å². The van der Waals surface area contributed by atoms with E-state index in [0.29, 0.717) is 12.0 Å². The van der Waals surface area contributed by atoms with Gasteiger partial charge in [-0.15, -0.1) is 0 Å². The fourth-order valence-corrected chi connectivity index (χ4v) is 3.67. The van der Waals surface area contributed by atoms with Crippen LogP contribution in [0.2, 0.25) is 0 Å². The van der Waals surface area contributed by atoms with Crippen molar-refractivity contribution in [3.8, 4) is 0 Å². The molecule has 3 atom stereocenters. The third kappa shape index (κ3) is 6.24. The van der Waals surface area contributed by atoms with Crippen molar-refractivity contribution in [3.63, 3.8) is 0 Å². The number of hydrogen-bond acceptors (Lipinski definition) is 6. The SMILES string of the molecule is CC(=O)O[C@@H]1C(CO)=CC(=O)[C@]2(C/C=C(/C)CC/C=C(\C)CC/C=C(\C)CO)O[C@H]12. The van der Waals surface area contributed by atoms with Gasteiger partial charge < -0.3 is 19.7 Å². The van der Waals surface area contributed by atoms with Gasteiger partial charge in [-0.1, -0.05) is 34.9 Å². The third-order valence-corrected chi connectivity index (χ3v) is 5.66. The summed E-state index contributed by atoms with van der Waals surface area (Å²) in [4.78, 5) is 23.9. The Labute approximate surface area is 179 Å². The highest BCUT2D eigenvalue weighted by Gasteiger charge is 2.67. The molecule has 2 aliphatic rings. The van der Waals surface area contributed by atoms with Gasteiger partial charge >= 0.3 is 5.97 Å². The first kappa shape index (κ1) is 24.3. The molecular weight excluding hydrogens is 384 g/mol. The molecule has 0 bridgehead atoms. The van der Waals surface area contributed by atoms with Crippen molar-refractivity contribution >= 4 is 11.8 Å². The number of aliphatic hydroxyl groups is 2. The fraction of sp³-hybridized carbons (Fsp3) is 0.583. The summed E-state index contributed by atoms with van der Waals surface area (Å²) >= 11 is 0. The standard InChI is InChI=1S/C24H34O6/c1-16(8-6-10-18(3)14-25)7-5-9-17(2)11-12-24-21(28)13-20(15-26)22(23(24)30-24)29-19(4)27/h7,10-11,13,22-23,25-26H,5-6,8-9,12,14-15H2,1-4H3/b16-7+,17-11-,18-10+/t22-,23-,24+/m1/s1. The summed E-state index contributed by atoms with van der Waals surface area (Å²) in [7, 11) is 0. The van der Waals surface area contributed by atoms with Gasteiger partial charge in [-0.3, -0.25) is 9.59 Å². The van der Waals surface area contributed by atoms with Crippen LogP contribution in [0.15, 0.2) is 46.6 Å². The van der Waals surface area contributed by atoms with E-state index in [2.05, 4.69) is 19.1 Å². The third-order valence-electron chi connectivity index (χ3n) is 5.66. The zero-order chi connectivity index (χ0) is 22.3. The molecule has 0 radical (unpaired) electrons. The molecule has 0 amide bonds. The Morgan fingerprint density at radius 2 is 1.67 bits per heavy atom. The number of carbonyl (C=O) groups is 2. The lowest BCUT2D eigenvalue weighted by atomic mass is 9.83. The van der Waals surface area contributed by atoms with E-state index in [9.17, 15) is 14.7 Å². The van der Waals surface area contributed by atoms with Crippen molar-refractivity contribution < 1.29 is 29.3 Å². The number of allylic oxidation sites excluding steroid dienone is 4. The molecule has 0 saturated carbocycles. The summed E-state index contributed by atoms with van der Waals surface area (Å²) in [6.07, 6.45) is 10.6. The molecule has 1 aliphatic heterocycles. The molecule has 2 rings (SSSR count). The van der Waals surface area contributed by atoms with E-state index in [1.165, 1.54) is 24.1 Å². The van der Waals surface area contributed by atoms with Crippen LogP contribution in [0.1, 0.15) is 59.8 Å². The maximum Gasteiger partial charge on any atom is 0.303 e. The van der Waals surface area contributed by atoms with Crippen LogP contribution in [-0.4, -0.2) is 53.0 Å². The molecule has 0 aromatic heterocycles. The average molecular weight is 419 g/mol. The van der Waals surface area contributed by atoms with Crippen molar-refractivity contribution in [2.75, 3.05) is 13.2 Å². The summed E-state index contributed by atoms with van der Waals surface area (Å²) in [6.45, 7) is 7.15. The summed E-state index contributed by atoms with van der Waals surface area (Å²) < 4.78 is 11.0. The quantitative estimate of drug-likeness (QED) is 0.303. The van der Waals surface area contributed by atoms with Crippen LogP contribution in [0.3, 0.4) is 0 Å². The number of ether oxygens (including phenoxy) is 2. The number of esters is 1. The zero-order valence-corrected chi connectivity index (χ0v) is 18.4. The van der Waals surface area contributed by atoms with Crippen molar-refractivity contribution in [2.24, 2.45) is 0 Å². The van der Waals surface area contributed by atoms with Crippen LogP contribution >= 0.6 is 0 Å². The second-order valence-corrected chi connectivity index (χ2v) is 8.29. The number of fused-ring (bicyclic) bond motifs is 1. The van der Waals surface area contributed by atoms with Gasteiger partial charge in [0.2, 0.25) is 0 Å². The second kappa shape index (κ2) is 10.8. The summed E-state index contributed by atoms with van der Waals surface area (Å²) in [5.41, 5.74) is 2.91. The van der Waals surface area contributed by atoms with Crippen LogP contribution in [0, 0.1) is 0 Å². The number of aliphatic hydroxyl groups excluding tert-OH is 2. The monoisotopic (exact) mass is 418 g/mol.